The molecular weight excluding hydrogens is 515 g/mol. The summed E-state index contributed by atoms with van der Waals surface area (Å²) < 4.78 is 47.9. The Morgan fingerprint density at radius 1 is 1.26 bits per heavy atom. The predicted molar refractivity (Wildman–Crippen MR) is 135 cm³/mol. The molecule has 1 saturated heterocycles. The number of fused-ring (bicyclic) bond motifs is 1. The summed E-state index contributed by atoms with van der Waals surface area (Å²) in [5.74, 6) is 2.66. The van der Waals surface area contributed by atoms with Crippen molar-refractivity contribution in [2.75, 3.05) is 0 Å². The van der Waals surface area contributed by atoms with Crippen molar-refractivity contribution in [3.63, 3.8) is 0 Å². The summed E-state index contributed by atoms with van der Waals surface area (Å²) in [6.45, 7) is 8.16. The second kappa shape index (κ2) is 10.8. The van der Waals surface area contributed by atoms with Crippen molar-refractivity contribution in [2.45, 2.75) is 76.9 Å². The van der Waals surface area contributed by atoms with Crippen LogP contribution in [0.5, 0.6) is 0 Å². The number of hydrazine groups is 1. The number of carbonyl (C=O) groups is 2. The number of aliphatic carboxylic acids is 1. The fourth-order valence-corrected chi connectivity index (χ4v) is 5.36. The van der Waals surface area contributed by atoms with Gasteiger partial charge in [-0.2, -0.15) is 18.4 Å². The summed E-state index contributed by atoms with van der Waals surface area (Å²) in [6, 6.07) is 5.28. The van der Waals surface area contributed by atoms with Gasteiger partial charge in [0.25, 0.3) is 0 Å². The quantitative estimate of drug-likeness (QED) is 0.342. The van der Waals surface area contributed by atoms with E-state index in [0.29, 0.717) is 0 Å². The highest BCUT2D eigenvalue weighted by Gasteiger charge is 2.59. The van der Waals surface area contributed by atoms with E-state index in [1.165, 1.54) is 19.9 Å². The van der Waals surface area contributed by atoms with Crippen molar-refractivity contribution in [3.8, 4) is 17.9 Å². The molecule has 0 aromatic heterocycles. The first-order valence-corrected chi connectivity index (χ1v) is 12.4. The van der Waals surface area contributed by atoms with Gasteiger partial charge in [-0.1, -0.05) is 25.7 Å². The first-order chi connectivity index (χ1) is 18.0. The molecule has 0 saturated carbocycles. The Morgan fingerprint density at radius 3 is 2.49 bits per heavy atom. The molecule has 4 atom stereocenters. The Kier molecular flexibility index (Phi) is 8.25. The maximum atomic E-state index is 14.1. The predicted octanol–water partition coefficient (Wildman–Crippen LogP) is 2.87. The van der Waals surface area contributed by atoms with Gasteiger partial charge in [-0.15, -0.1) is 0 Å². The standard InChI is InChI=1S/C27H32F3N5O4/c1-14(2)26(19(13-31)22(32)39-23-21(26)15(3)34-35-23)17-10-16(11-18(12-17)27(28,29)30)8-6-7-9-20(36)33-25(4,5)24(37)38/h10-12,14-15,21,23,34-35H,7,9,32H2,1-5H3,(H,33,36)(H,37,38). The number of hydrogen-bond donors (Lipinski definition) is 5. The van der Waals surface area contributed by atoms with E-state index in [9.17, 15) is 28.0 Å². The Morgan fingerprint density at radius 2 is 1.92 bits per heavy atom. The molecule has 2 heterocycles. The smallest absolute Gasteiger partial charge is 0.416 e. The fourth-order valence-electron chi connectivity index (χ4n) is 5.36. The Balaban J connectivity index is 2.08. The van der Waals surface area contributed by atoms with Crippen LogP contribution in [0.15, 0.2) is 29.7 Å². The monoisotopic (exact) mass is 547 g/mol. The molecule has 0 bridgehead atoms. The van der Waals surface area contributed by atoms with Crippen LogP contribution in [0.2, 0.25) is 0 Å². The highest BCUT2D eigenvalue weighted by Crippen LogP contribution is 2.53. The maximum Gasteiger partial charge on any atom is 0.416 e. The molecule has 1 fully saturated rings. The van der Waals surface area contributed by atoms with Gasteiger partial charge >= 0.3 is 12.1 Å². The van der Waals surface area contributed by atoms with Crippen LogP contribution >= 0.6 is 0 Å². The first-order valence-electron chi connectivity index (χ1n) is 12.4. The first kappa shape index (κ1) is 29.8. The van der Waals surface area contributed by atoms with Crippen LogP contribution in [0.3, 0.4) is 0 Å². The molecule has 2 aliphatic heterocycles. The fraction of sp³-hybridized carbons (Fsp3) is 0.519. The molecule has 12 heteroatoms. The van der Waals surface area contributed by atoms with Gasteiger partial charge in [0.1, 0.15) is 17.2 Å². The lowest BCUT2D eigenvalue weighted by atomic mass is 9.56. The molecule has 39 heavy (non-hydrogen) atoms. The van der Waals surface area contributed by atoms with Crippen molar-refractivity contribution in [3.05, 3.63) is 46.3 Å². The molecule has 1 aromatic rings. The zero-order chi connectivity index (χ0) is 29.3. The number of hydrogen-bond acceptors (Lipinski definition) is 7. The van der Waals surface area contributed by atoms with Gasteiger partial charge < -0.3 is 20.9 Å². The summed E-state index contributed by atoms with van der Waals surface area (Å²) in [6.07, 6.45) is -5.53. The van der Waals surface area contributed by atoms with Crippen molar-refractivity contribution in [2.24, 2.45) is 17.6 Å². The van der Waals surface area contributed by atoms with Gasteiger partial charge in [-0.25, -0.2) is 10.2 Å². The van der Waals surface area contributed by atoms with Gasteiger partial charge in [0.2, 0.25) is 11.8 Å². The molecule has 210 valence electrons. The number of alkyl halides is 3. The van der Waals surface area contributed by atoms with Crippen molar-refractivity contribution in [1.82, 2.24) is 16.2 Å². The Labute approximate surface area is 224 Å². The van der Waals surface area contributed by atoms with Gasteiger partial charge in [-0.05, 0) is 50.5 Å². The van der Waals surface area contributed by atoms with E-state index < -0.39 is 46.7 Å². The second-order valence-electron chi connectivity index (χ2n) is 10.6. The zero-order valence-electron chi connectivity index (χ0n) is 22.3. The Hall–Kier alpha value is -3.74. The van der Waals surface area contributed by atoms with E-state index in [1.807, 2.05) is 20.8 Å². The van der Waals surface area contributed by atoms with E-state index in [2.05, 4.69) is 34.1 Å². The van der Waals surface area contributed by atoms with Crippen molar-refractivity contribution in [1.29, 1.82) is 5.26 Å². The summed E-state index contributed by atoms with van der Waals surface area (Å²) in [5.41, 5.74) is 8.85. The highest BCUT2D eigenvalue weighted by molar-refractivity contribution is 5.86. The van der Waals surface area contributed by atoms with Crippen molar-refractivity contribution >= 4 is 11.9 Å². The van der Waals surface area contributed by atoms with Crippen LogP contribution in [0.25, 0.3) is 0 Å². The molecule has 0 radical (unpaired) electrons. The van der Waals surface area contributed by atoms with Crippen LogP contribution in [-0.2, 0) is 25.9 Å². The average Bonchev–Trinajstić information content (AvgIpc) is 3.19. The topological polar surface area (TPSA) is 149 Å². The number of carboxylic acid groups (broad SMARTS) is 1. The van der Waals surface area contributed by atoms with E-state index in [-0.39, 0.29) is 47.4 Å². The molecule has 1 amide bonds. The lowest BCUT2D eigenvalue weighted by Gasteiger charge is -2.48. The number of nitriles is 1. The van der Waals surface area contributed by atoms with Gasteiger partial charge in [0.15, 0.2) is 6.23 Å². The van der Waals surface area contributed by atoms with Crippen LogP contribution in [-0.4, -0.2) is 34.8 Å². The van der Waals surface area contributed by atoms with Crippen molar-refractivity contribution < 1.29 is 32.6 Å². The van der Waals surface area contributed by atoms with E-state index in [0.717, 1.165) is 12.1 Å². The minimum absolute atomic E-state index is 0.0118. The number of nitrogens with one attached hydrogen (secondary N) is 3. The van der Waals surface area contributed by atoms with E-state index >= 15 is 0 Å². The number of benzene rings is 1. The molecule has 0 aliphatic carbocycles. The molecular formula is C27H32F3N5O4. The van der Waals surface area contributed by atoms with E-state index in [4.69, 9.17) is 15.6 Å². The second-order valence-corrected chi connectivity index (χ2v) is 10.6. The molecule has 4 unspecified atom stereocenters. The number of nitrogens with zero attached hydrogens (tertiary/aromatic N) is 1. The SMILES string of the molecule is CC1NNC2OC(N)=C(C#N)C(c3cc(C#CCCC(=O)NC(C)(C)C(=O)O)cc(C(F)(F)F)c3)(C(C)C)C12. The largest absolute Gasteiger partial charge is 0.480 e. The molecule has 9 nitrogen and oxygen atoms in total. The number of rotatable bonds is 6. The van der Waals surface area contributed by atoms with Crippen LogP contribution in [0.1, 0.15) is 64.2 Å². The third-order valence-electron chi connectivity index (χ3n) is 7.21. The number of carbonyl (C=O) groups excluding carboxylic acids is 1. The minimum Gasteiger partial charge on any atom is -0.480 e. The minimum atomic E-state index is -4.70. The molecule has 0 spiro atoms. The number of halogens is 3. The van der Waals surface area contributed by atoms with Crippen LogP contribution < -0.4 is 21.9 Å². The molecule has 3 rings (SSSR count). The number of amides is 1. The van der Waals surface area contributed by atoms with Crippen LogP contribution in [0, 0.1) is 35.0 Å². The third-order valence-corrected chi connectivity index (χ3v) is 7.21. The third kappa shape index (κ3) is 5.68. The maximum absolute atomic E-state index is 14.1. The van der Waals surface area contributed by atoms with Gasteiger partial charge in [-0.3, -0.25) is 10.2 Å². The van der Waals surface area contributed by atoms with Gasteiger partial charge in [0, 0.05) is 35.8 Å². The van der Waals surface area contributed by atoms with Gasteiger partial charge in [0.05, 0.1) is 5.56 Å². The normalized spacial score (nSPS) is 24.8. The highest BCUT2D eigenvalue weighted by atomic mass is 19.4. The zero-order valence-corrected chi connectivity index (χ0v) is 22.3. The lowest BCUT2D eigenvalue weighted by molar-refractivity contribution is -0.146. The summed E-state index contributed by atoms with van der Waals surface area (Å²) >= 11 is 0. The summed E-state index contributed by atoms with van der Waals surface area (Å²) in [5, 5.41) is 21.6. The summed E-state index contributed by atoms with van der Waals surface area (Å²) in [7, 11) is 0. The average molecular weight is 548 g/mol. The number of nitrogens with two attached hydrogens (primary N) is 1. The van der Waals surface area contributed by atoms with Crippen LogP contribution in [0.4, 0.5) is 13.2 Å². The summed E-state index contributed by atoms with van der Waals surface area (Å²) in [4.78, 5) is 23.3. The molecule has 1 aromatic carbocycles. The number of ether oxygens (including phenoxy) is 1. The number of carboxylic acids is 1. The number of allylic oxidation sites excluding steroid dienone is 1. The molecule has 6 N–H and O–H groups in total. The lowest BCUT2D eigenvalue weighted by Crippen LogP contribution is -2.55. The molecule has 2 aliphatic rings. The van der Waals surface area contributed by atoms with E-state index in [1.54, 1.807) is 0 Å². The Bertz CT molecular complexity index is 1290.